The molecule has 2 saturated carbocycles. The van der Waals surface area contributed by atoms with Gasteiger partial charge in [0.2, 0.25) is 0 Å². The Morgan fingerprint density at radius 2 is 2.04 bits per heavy atom. The number of ether oxygens (including phenoxy) is 3. The second-order valence-corrected chi connectivity index (χ2v) is 8.39. The molecule has 7 nitrogen and oxygen atoms in total. The number of hydrogen-bond acceptors (Lipinski definition) is 7. The summed E-state index contributed by atoms with van der Waals surface area (Å²) in [5, 5.41) is 21.6. The van der Waals surface area contributed by atoms with Gasteiger partial charge in [-0.05, 0) is 20.3 Å². The van der Waals surface area contributed by atoms with E-state index in [9.17, 15) is 19.8 Å². The Morgan fingerprint density at radius 3 is 2.64 bits per heavy atom. The maximum Gasteiger partial charge on any atom is 0.334 e. The summed E-state index contributed by atoms with van der Waals surface area (Å²) in [7, 11) is 0. The van der Waals surface area contributed by atoms with Gasteiger partial charge in [-0.25, -0.2) is 4.79 Å². The summed E-state index contributed by atoms with van der Waals surface area (Å²) in [5.41, 5.74) is -4.07. The molecule has 9 atom stereocenters. The third-order valence-corrected chi connectivity index (χ3v) is 7.15. The van der Waals surface area contributed by atoms with Crippen LogP contribution in [0.1, 0.15) is 27.2 Å². The van der Waals surface area contributed by atoms with E-state index in [-0.39, 0.29) is 12.0 Å². The van der Waals surface area contributed by atoms with Crippen LogP contribution >= 0.6 is 11.6 Å². The molecule has 1 spiro atoms. The van der Waals surface area contributed by atoms with E-state index in [1.54, 1.807) is 6.92 Å². The van der Waals surface area contributed by atoms with E-state index < -0.39 is 64.3 Å². The second-order valence-electron chi connectivity index (χ2n) is 7.92. The number of rotatable bonds is 1. The van der Waals surface area contributed by atoms with Crippen LogP contribution in [0.25, 0.3) is 0 Å². The third-order valence-electron chi connectivity index (χ3n) is 6.48. The lowest BCUT2D eigenvalue weighted by Crippen LogP contribution is -2.59. The van der Waals surface area contributed by atoms with Crippen LogP contribution < -0.4 is 0 Å². The Labute approximate surface area is 149 Å². The number of halogens is 1. The van der Waals surface area contributed by atoms with Crippen LogP contribution in [0.15, 0.2) is 12.2 Å². The van der Waals surface area contributed by atoms with Gasteiger partial charge in [-0.1, -0.05) is 6.58 Å². The van der Waals surface area contributed by atoms with Crippen molar-refractivity contribution in [2.75, 3.05) is 0 Å². The zero-order valence-corrected chi connectivity index (χ0v) is 14.9. The molecule has 2 N–H and O–H groups in total. The molecule has 0 bridgehead atoms. The van der Waals surface area contributed by atoms with Crippen molar-refractivity contribution in [3.63, 3.8) is 0 Å². The fraction of sp³-hybridized carbons (Fsp3) is 0.765. The van der Waals surface area contributed by atoms with Crippen molar-refractivity contribution in [3.05, 3.63) is 12.2 Å². The molecule has 25 heavy (non-hydrogen) atoms. The zero-order valence-electron chi connectivity index (χ0n) is 14.2. The minimum Gasteiger partial charge on any atom is -0.459 e. The molecule has 0 unspecified atom stereocenters. The van der Waals surface area contributed by atoms with E-state index in [4.69, 9.17) is 25.8 Å². The van der Waals surface area contributed by atoms with Crippen molar-refractivity contribution in [1.29, 1.82) is 0 Å². The predicted octanol–water partition coefficient (Wildman–Crippen LogP) is 0.296. The summed E-state index contributed by atoms with van der Waals surface area (Å²) in [4.78, 5) is 23.7. The van der Waals surface area contributed by atoms with E-state index in [0.717, 1.165) is 0 Å². The maximum atomic E-state index is 12.1. The van der Waals surface area contributed by atoms with Crippen molar-refractivity contribution in [3.8, 4) is 0 Å². The Morgan fingerprint density at radius 1 is 1.40 bits per heavy atom. The molecule has 0 aromatic heterocycles. The van der Waals surface area contributed by atoms with E-state index in [1.807, 2.05) is 0 Å². The van der Waals surface area contributed by atoms with Crippen LogP contribution in [0.3, 0.4) is 0 Å². The van der Waals surface area contributed by atoms with Gasteiger partial charge >= 0.3 is 11.9 Å². The van der Waals surface area contributed by atoms with Crippen LogP contribution in [-0.2, 0) is 23.8 Å². The van der Waals surface area contributed by atoms with E-state index in [1.165, 1.54) is 13.8 Å². The number of alkyl halides is 1. The van der Waals surface area contributed by atoms with Crippen molar-refractivity contribution in [1.82, 2.24) is 0 Å². The quantitative estimate of drug-likeness (QED) is 0.295. The van der Waals surface area contributed by atoms with E-state index >= 15 is 0 Å². The van der Waals surface area contributed by atoms with E-state index in [0.29, 0.717) is 0 Å². The highest BCUT2D eigenvalue weighted by molar-refractivity contribution is 6.22. The van der Waals surface area contributed by atoms with Crippen molar-refractivity contribution in [2.45, 2.75) is 67.7 Å². The molecule has 0 amide bonds. The number of fused-ring (bicyclic) bond motifs is 2. The van der Waals surface area contributed by atoms with Gasteiger partial charge in [-0.3, -0.25) is 4.79 Å². The van der Waals surface area contributed by atoms with Gasteiger partial charge in [-0.2, -0.15) is 0 Å². The first-order valence-corrected chi connectivity index (χ1v) is 8.73. The molecule has 0 aromatic carbocycles. The molecule has 4 rings (SSSR count). The monoisotopic (exact) mass is 372 g/mol. The minimum atomic E-state index is -1.61. The normalized spacial score (nSPS) is 56.4. The van der Waals surface area contributed by atoms with Crippen LogP contribution in [0, 0.1) is 11.8 Å². The number of carbonyl (C=O) groups is 2. The summed E-state index contributed by atoms with van der Waals surface area (Å²) < 4.78 is 16.7. The van der Waals surface area contributed by atoms with Gasteiger partial charge in [0, 0.05) is 18.4 Å². The lowest BCUT2D eigenvalue weighted by atomic mass is 9.72. The Bertz CT molecular complexity index is 686. The van der Waals surface area contributed by atoms with E-state index in [2.05, 4.69) is 6.58 Å². The fourth-order valence-corrected chi connectivity index (χ4v) is 5.57. The van der Waals surface area contributed by atoms with Crippen LogP contribution in [0.4, 0.5) is 0 Å². The molecule has 0 aromatic rings. The molecule has 2 saturated heterocycles. The SMILES string of the molecule is C=C1C(=O)O[C@H]2[C@H]1C[C@@H](OC(C)=O)[C@@](C)(O)[C@@]13O[C@@H]1[C@@H](Cl)[C@](C)(O)[C@H]23. The number of epoxide rings is 1. The highest BCUT2D eigenvalue weighted by atomic mass is 35.5. The van der Waals surface area contributed by atoms with Crippen LogP contribution in [-0.4, -0.2) is 62.6 Å². The highest BCUT2D eigenvalue weighted by Crippen LogP contribution is 2.69. The first-order chi connectivity index (χ1) is 11.5. The van der Waals surface area contributed by atoms with Crippen molar-refractivity contribution < 1.29 is 34.0 Å². The molecule has 4 aliphatic rings. The largest absolute Gasteiger partial charge is 0.459 e. The number of aliphatic hydroxyl groups is 2. The minimum absolute atomic E-state index is 0.152. The Balaban J connectivity index is 1.88. The van der Waals surface area contributed by atoms with Gasteiger partial charge in [-0.15, -0.1) is 11.6 Å². The molecular weight excluding hydrogens is 352 g/mol. The molecule has 2 aliphatic carbocycles. The Hall–Kier alpha value is -1.15. The summed E-state index contributed by atoms with van der Waals surface area (Å²) in [6, 6.07) is 0. The number of hydrogen-bond donors (Lipinski definition) is 2. The molecule has 2 aliphatic heterocycles. The topological polar surface area (TPSA) is 106 Å². The molecule has 138 valence electrons. The highest BCUT2D eigenvalue weighted by Gasteiger charge is 2.87. The lowest BCUT2D eigenvalue weighted by Gasteiger charge is -2.41. The maximum absolute atomic E-state index is 12.1. The van der Waals surface area contributed by atoms with Crippen LogP contribution in [0.5, 0.6) is 0 Å². The van der Waals surface area contributed by atoms with Gasteiger partial charge in [0.05, 0.1) is 16.9 Å². The molecule has 0 radical (unpaired) electrons. The third kappa shape index (κ3) is 1.87. The lowest BCUT2D eigenvalue weighted by molar-refractivity contribution is -0.184. The van der Waals surface area contributed by atoms with Gasteiger partial charge in [0.1, 0.15) is 29.5 Å². The Kier molecular flexibility index (Phi) is 3.29. The number of esters is 2. The summed E-state index contributed by atoms with van der Waals surface area (Å²) in [5.74, 6) is -2.39. The first kappa shape index (κ1) is 17.3. The summed E-state index contributed by atoms with van der Waals surface area (Å²) >= 11 is 6.41. The summed E-state index contributed by atoms with van der Waals surface area (Å²) in [6.07, 6.45) is -2.18. The molecular formula is C17H21ClO7. The second kappa shape index (κ2) is 4.76. The molecule has 4 fully saturated rings. The molecule has 2 heterocycles. The van der Waals surface area contributed by atoms with Gasteiger partial charge in [0.15, 0.2) is 0 Å². The average molecular weight is 373 g/mol. The van der Waals surface area contributed by atoms with Crippen molar-refractivity contribution in [2.24, 2.45) is 11.8 Å². The van der Waals surface area contributed by atoms with Crippen molar-refractivity contribution >= 4 is 23.5 Å². The fourth-order valence-electron chi connectivity index (χ4n) is 5.20. The number of carbonyl (C=O) groups excluding carboxylic acids is 2. The predicted molar refractivity (Wildman–Crippen MR) is 84.7 cm³/mol. The van der Waals surface area contributed by atoms with Crippen LogP contribution in [0.2, 0.25) is 0 Å². The first-order valence-electron chi connectivity index (χ1n) is 8.30. The smallest absolute Gasteiger partial charge is 0.334 e. The standard InChI is InChI=1S/C17H21ClO7/c1-6-8-5-9(23-7(2)19)16(4,22)17-11(10(8)24-14(6)20)15(3,21)12(18)13(17)25-17/h8-13,21-22H,1,5H2,2-4H3/t8-,9+,10-,11-,12+,13+,15+,16+,17-/m0/s1. The van der Waals surface area contributed by atoms with Gasteiger partial charge in [0.25, 0.3) is 0 Å². The zero-order chi connectivity index (χ0) is 18.5. The summed E-state index contributed by atoms with van der Waals surface area (Å²) in [6.45, 7) is 8.11. The molecule has 8 heteroatoms. The average Bonchev–Trinajstić information content (AvgIpc) is 3.14. The van der Waals surface area contributed by atoms with Gasteiger partial charge < -0.3 is 24.4 Å².